The first-order valence-electron chi connectivity index (χ1n) is 10.1. The molecule has 1 atom stereocenters. The van der Waals surface area contributed by atoms with Gasteiger partial charge in [-0.25, -0.2) is 0 Å². The molecule has 0 saturated heterocycles. The van der Waals surface area contributed by atoms with E-state index in [1.165, 1.54) is 77.0 Å². The van der Waals surface area contributed by atoms with E-state index in [9.17, 15) is 5.11 Å². The molecule has 0 aromatic heterocycles. The lowest BCUT2D eigenvalue weighted by Crippen LogP contribution is -2.16. The zero-order valence-corrected chi connectivity index (χ0v) is 16.1. The first-order valence-corrected chi connectivity index (χ1v) is 10.1. The average molecular weight is 327 g/mol. The van der Waals surface area contributed by atoms with Crippen molar-refractivity contribution in [2.75, 3.05) is 0 Å². The van der Waals surface area contributed by atoms with Crippen molar-refractivity contribution < 1.29 is 9.84 Å². The van der Waals surface area contributed by atoms with Crippen molar-refractivity contribution in [1.82, 2.24) is 0 Å². The van der Waals surface area contributed by atoms with Crippen LogP contribution in [0.3, 0.4) is 0 Å². The second-order valence-corrected chi connectivity index (χ2v) is 7.01. The molecule has 1 unspecified atom stereocenters. The largest absolute Gasteiger partial charge is 0.368 e. The van der Waals surface area contributed by atoms with E-state index in [1.54, 1.807) is 0 Å². The number of unbranched alkanes of at least 4 members (excludes halogenated alkanes) is 11. The molecule has 0 fully saturated rings. The molecule has 0 aliphatic rings. The molecule has 0 spiro atoms. The highest BCUT2D eigenvalue weighted by molar-refractivity contribution is 4.81. The number of aliphatic hydroxyl groups excluding tert-OH is 1. The number of ether oxygens (including phenoxy) is 1. The van der Waals surface area contributed by atoms with Crippen LogP contribution in [0.15, 0.2) is 12.2 Å². The van der Waals surface area contributed by atoms with Crippen LogP contribution >= 0.6 is 0 Å². The standard InChI is InChI=1S/C21H42O2/c1-4-5-6-7-8-9-10-11-12-13-14-15-16-17-18-19-21(22)23-20(2)3/h11-12,20-22H,4-10,13-19H2,1-3H3/b12-11-. The summed E-state index contributed by atoms with van der Waals surface area (Å²) in [5.74, 6) is 0. The SMILES string of the molecule is CCCCCCCC/C=C\CCCCCCCC(O)OC(C)C. The van der Waals surface area contributed by atoms with Crippen molar-refractivity contribution in [3.63, 3.8) is 0 Å². The Balaban J connectivity index is 3.16. The van der Waals surface area contributed by atoms with Crippen LogP contribution in [0.1, 0.15) is 111 Å². The number of allylic oxidation sites excluding steroid dienone is 2. The number of aliphatic hydroxyl groups is 1. The van der Waals surface area contributed by atoms with E-state index in [0.29, 0.717) is 0 Å². The van der Waals surface area contributed by atoms with E-state index in [0.717, 1.165) is 12.8 Å². The summed E-state index contributed by atoms with van der Waals surface area (Å²) in [6.07, 6.45) is 22.1. The van der Waals surface area contributed by atoms with Gasteiger partial charge in [0.2, 0.25) is 0 Å². The summed E-state index contributed by atoms with van der Waals surface area (Å²) in [7, 11) is 0. The Morgan fingerprint density at radius 1 is 0.739 bits per heavy atom. The van der Waals surface area contributed by atoms with Crippen molar-refractivity contribution in [2.24, 2.45) is 0 Å². The molecule has 138 valence electrons. The topological polar surface area (TPSA) is 29.5 Å². The van der Waals surface area contributed by atoms with Gasteiger partial charge in [-0.15, -0.1) is 0 Å². The minimum absolute atomic E-state index is 0.119. The molecule has 23 heavy (non-hydrogen) atoms. The third kappa shape index (κ3) is 19.6. The van der Waals surface area contributed by atoms with Gasteiger partial charge in [-0.05, 0) is 52.4 Å². The number of hydrogen-bond donors (Lipinski definition) is 1. The van der Waals surface area contributed by atoms with Crippen LogP contribution < -0.4 is 0 Å². The fourth-order valence-corrected chi connectivity index (χ4v) is 2.77. The predicted molar refractivity (Wildman–Crippen MR) is 102 cm³/mol. The summed E-state index contributed by atoms with van der Waals surface area (Å²) in [6.45, 7) is 6.19. The normalized spacial score (nSPS) is 13.3. The smallest absolute Gasteiger partial charge is 0.154 e. The van der Waals surface area contributed by atoms with Gasteiger partial charge >= 0.3 is 0 Å². The Hall–Kier alpha value is -0.340. The molecule has 0 radical (unpaired) electrons. The first kappa shape index (κ1) is 22.7. The van der Waals surface area contributed by atoms with Crippen LogP contribution in [-0.2, 0) is 4.74 Å². The molecule has 0 rings (SSSR count). The highest BCUT2D eigenvalue weighted by atomic mass is 16.6. The maximum atomic E-state index is 9.59. The quantitative estimate of drug-likeness (QED) is 0.182. The van der Waals surface area contributed by atoms with Crippen molar-refractivity contribution in [3.05, 3.63) is 12.2 Å². The van der Waals surface area contributed by atoms with Gasteiger partial charge in [0.15, 0.2) is 6.29 Å². The first-order chi connectivity index (χ1) is 11.2. The maximum absolute atomic E-state index is 9.59. The monoisotopic (exact) mass is 326 g/mol. The number of rotatable bonds is 17. The van der Waals surface area contributed by atoms with E-state index < -0.39 is 6.29 Å². The summed E-state index contributed by atoms with van der Waals surface area (Å²) in [6, 6.07) is 0. The molecule has 0 aromatic rings. The van der Waals surface area contributed by atoms with Crippen molar-refractivity contribution in [1.29, 1.82) is 0 Å². The molecule has 0 aliphatic carbocycles. The van der Waals surface area contributed by atoms with E-state index >= 15 is 0 Å². The Labute approximate surface area is 145 Å². The van der Waals surface area contributed by atoms with Gasteiger partial charge in [-0.2, -0.15) is 0 Å². The Bertz CT molecular complexity index is 248. The lowest BCUT2D eigenvalue weighted by Gasteiger charge is -2.14. The van der Waals surface area contributed by atoms with Crippen LogP contribution in [0.4, 0.5) is 0 Å². The summed E-state index contributed by atoms with van der Waals surface area (Å²) in [4.78, 5) is 0. The predicted octanol–water partition coefficient (Wildman–Crippen LogP) is 6.77. The second-order valence-electron chi connectivity index (χ2n) is 7.01. The third-order valence-electron chi connectivity index (χ3n) is 4.14. The minimum atomic E-state index is -0.570. The molecule has 0 amide bonds. The molecule has 0 aliphatic heterocycles. The summed E-state index contributed by atoms with van der Waals surface area (Å²) in [5.41, 5.74) is 0. The van der Waals surface area contributed by atoms with Crippen molar-refractivity contribution in [2.45, 2.75) is 123 Å². The Kier molecular flexibility index (Phi) is 17.7. The van der Waals surface area contributed by atoms with Gasteiger partial charge in [-0.1, -0.05) is 70.4 Å². The van der Waals surface area contributed by atoms with Crippen LogP contribution in [0.25, 0.3) is 0 Å². The van der Waals surface area contributed by atoms with E-state index in [-0.39, 0.29) is 6.10 Å². The molecule has 2 nitrogen and oxygen atoms in total. The molecule has 0 heterocycles. The van der Waals surface area contributed by atoms with E-state index in [1.807, 2.05) is 13.8 Å². The Morgan fingerprint density at radius 3 is 1.74 bits per heavy atom. The molecule has 2 heteroatoms. The Morgan fingerprint density at radius 2 is 1.22 bits per heavy atom. The highest BCUT2D eigenvalue weighted by Gasteiger charge is 2.05. The van der Waals surface area contributed by atoms with Gasteiger partial charge in [0.1, 0.15) is 0 Å². The molecule has 0 saturated carbocycles. The van der Waals surface area contributed by atoms with Gasteiger partial charge in [0, 0.05) is 0 Å². The minimum Gasteiger partial charge on any atom is -0.368 e. The fraction of sp³-hybridized carbons (Fsp3) is 0.905. The number of hydrogen-bond acceptors (Lipinski definition) is 2. The van der Waals surface area contributed by atoms with Crippen LogP contribution in [0.2, 0.25) is 0 Å². The van der Waals surface area contributed by atoms with Crippen LogP contribution in [0, 0.1) is 0 Å². The van der Waals surface area contributed by atoms with Gasteiger partial charge < -0.3 is 9.84 Å². The van der Waals surface area contributed by atoms with Gasteiger partial charge in [-0.3, -0.25) is 0 Å². The average Bonchev–Trinajstić information content (AvgIpc) is 2.50. The summed E-state index contributed by atoms with van der Waals surface area (Å²) in [5, 5.41) is 9.59. The summed E-state index contributed by atoms with van der Waals surface area (Å²) >= 11 is 0. The second kappa shape index (κ2) is 18.0. The lowest BCUT2D eigenvalue weighted by molar-refractivity contribution is -0.129. The van der Waals surface area contributed by atoms with E-state index in [4.69, 9.17) is 4.74 Å². The van der Waals surface area contributed by atoms with Crippen LogP contribution in [-0.4, -0.2) is 17.5 Å². The van der Waals surface area contributed by atoms with Crippen LogP contribution in [0.5, 0.6) is 0 Å². The van der Waals surface area contributed by atoms with E-state index in [2.05, 4.69) is 19.1 Å². The van der Waals surface area contributed by atoms with Crippen molar-refractivity contribution in [3.8, 4) is 0 Å². The lowest BCUT2D eigenvalue weighted by atomic mass is 10.1. The maximum Gasteiger partial charge on any atom is 0.154 e. The van der Waals surface area contributed by atoms with Crippen molar-refractivity contribution >= 4 is 0 Å². The zero-order chi connectivity index (χ0) is 17.2. The molecule has 0 bridgehead atoms. The highest BCUT2D eigenvalue weighted by Crippen LogP contribution is 2.11. The molecule has 0 aromatic carbocycles. The molecular weight excluding hydrogens is 284 g/mol. The van der Waals surface area contributed by atoms with Gasteiger partial charge in [0.25, 0.3) is 0 Å². The third-order valence-corrected chi connectivity index (χ3v) is 4.14. The zero-order valence-electron chi connectivity index (χ0n) is 16.1. The molecular formula is C21H42O2. The molecule has 1 N–H and O–H groups in total. The van der Waals surface area contributed by atoms with Gasteiger partial charge in [0.05, 0.1) is 6.10 Å². The fourth-order valence-electron chi connectivity index (χ4n) is 2.77. The summed E-state index contributed by atoms with van der Waals surface area (Å²) < 4.78 is 5.32.